The number of hydrogen-bond acceptors (Lipinski definition) is 4. The van der Waals surface area contributed by atoms with E-state index >= 15 is 0 Å². The topological polar surface area (TPSA) is 79.6 Å². The molecule has 0 saturated carbocycles. The molecule has 174 valence electrons. The number of benzene rings is 2. The molecular formula is C23H21ClF2N2O4S. The number of carbonyl (C=O) groups is 1. The molecule has 0 aliphatic carbocycles. The zero-order valence-corrected chi connectivity index (χ0v) is 19.0. The van der Waals surface area contributed by atoms with Crippen LogP contribution >= 0.6 is 11.6 Å². The van der Waals surface area contributed by atoms with Crippen LogP contribution in [0.3, 0.4) is 0 Å². The minimum atomic E-state index is -4.10. The molecule has 33 heavy (non-hydrogen) atoms. The first kappa shape index (κ1) is 23.4. The molecule has 0 bridgehead atoms. The highest BCUT2D eigenvalue weighted by molar-refractivity contribution is 7.89. The molecular weight excluding hydrogens is 474 g/mol. The molecule has 6 nitrogen and oxygen atoms in total. The second kappa shape index (κ2) is 9.62. The summed E-state index contributed by atoms with van der Waals surface area (Å²) in [5, 5.41) is 3.13. The van der Waals surface area contributed by atoms with Crippen molar-refractivity contribution >= 4 is 27.5 Å². The SMILES string of the molecule is O=C1NCCCCC1N(Cc1ccc(-c2ccc(F)cc2F)o1)S(=O)(=O)c1ccc(Cl)cc1. The van der Waals surface area contributed by atoms with Crippen molar-refractivity contribution < 1.29 is 26.4 Å². The largest absolute Gasteiger partial charge is 0.460 e. The summed E-state index contributed by atoms with van der Waals surface area (Å²) in [7, 11) is -4.10. The fraction of sp³-hybridized carbons (Fsp3) is 0.261. The molecule has 10 heteroatoms. The van der Waals surface area contributed by atoms with Crippen molar-refractivity contribution in [3.63, 3.8) is 0 Å². The Kier molecular flexibility index (Phi) is 6.83. The van der Waals surface area contributed by atoms with Crippen molar-refractivity contribution in [3.8, 4) is 11.3 Å². The van der Waals surface area contributed by atoms with E-state index in [1.54, 1.807) is 0 Å². The lowest BCUT2D eigenvalue weighted by Crippen LogP contribution is -2.48. The van der Waals surface area contributed by atoms with E-state index in [1.807, 2.05) is 0 Å². The first-order valence-electron chi connectivity index (χ1n) is 10.3. The molecule has 1 unspecified atom stereocenters. The van der Waals surface area contributed by atoms with E-state index in [4.69, 9.17) is 16.0 Å². The Hall–Kier alpha value is -2.75. The maximum absolute atomic E-state index is 14.2. The van der Waals surface area contributed by atoms with Gasteiger partial charge in [0.1, 0.15) is 29.2 Å². The second-order valence-corrected chi connectivity index (χ2v) is 10.0. The van der Waals surface area contributed by atoms with Crippen molar-refractivity contribution in [1.82, 2.24) is 9.62 Å². The minimum absolute atomic E-state index is 0.0136. The Morgan fingerprint density at radius 2 is 1.82 bits per heavy atom. The molecule has 1 atom stereocenters. The molecule has 0 radical (unpaired) electrons. The van der Waals surface area contributed by atoms with E-state index in [0.29, 0.717) is 24.4 Å². The monoisotopic (exact) mass is 494 g/mol. The highest BCUT2D eigenvalue weighted by Crippen LogP contribution is 2.29. The van der Waals surface area contributed by atoms with Crippen LogP contribution in [0, 0.1) is 11.6 Å². The Balaban J connectivity index is 1.70. The third-order valence-electron chi connectivity index (χ3n) is 5.44. The van der Waals surface area contributed by atoms with Gasteiger partial charge in [-0.25, -0.2) is 17.2 Å². The lowest BCUT2D eigenvalue weighted by Gasteiger charge is -2.28. The molecule has 1 fully saturated rings. The molecule has 4 rings (SSSR count). The Morgan fingerprint density at radius 1 is 1.06 bits per heavy atom. The van der Waals surface area contributed by atoms with Gasteiger partial charge < -0.3 is 9.73 Å². The highest BCUT2D eigenvalue weighted by Gasteiger charge is 2.37. The second-order valence-electron chi connectivity index (χ2n) is 7.70. The smallest absolute Gasteiger partial charge is 0.244 e. The molecule has 0 spiro atoms. The summed E-state index contributed by atoms with van der Waals surface area (Å²) < 4.78 is 61.3. The maximum Gasteiger partial charge on any atom is 0.244 e. The van der Waals surface area contributed by atoms with Crippen LogP contribution in [0.2, 0.25) is 5.02 Å². The van der Waals surface area contributed by atoms with Gasteiger partial charge in [0, 0.05) is 17.6 Å². The molecule has 2 aromatic carbocycles. The summed E-state index contributed by atoms with van der Waals surface area (Å²) in [6.45, 7) is 0.227. The lowest BCUT2D eigenvalue weighted by atomic mass is 10.1. The number of nitrogens with one attached hydrogen (secondary N) is 1. The van der Waals surface area contributed by atoms with Crippen LogP contribution in [0.5, 0.6) is 0 Å². The summed E-state index contributed by atoms with van der Waals surface area (Å²) in [6, 6.07) is 10.8. The summed E-state index contributed by atoms with van der Waals surface area (Å²) in [5.41, 5.74) is 0.0435. The van der Waals surface area contributed by atoms with Gasteiger partial charge in [-0.05, 0) is 67.8 Å². The van der Waals surface area contributed by atoms with Gasteiger partial charge in [0.15, 0.2) is 0 Å². The molecule has 1 aromatic heterocycles. The van der Waals surface area contributed by atoms with Crippen molar-refractivity contribution in [1.29, 1.82) is 0 Å². The van der Waals surface area contributed by atoms with Gasteiger partial charge in [0.2, 0.25) is 15.9 Å². The van der Waals surface area contributed by atoms with E-state index in [-0.39, 0.29) is 34.4 Å². The number of furan rings is 1. The van der Waals surface area contributed by atoms with Crippen molar-refractivity contribution in [2.45, 2.75) is 36.7 Å². The Morgan fingerprint density at radius 3 is 2.55 bits per heavy atom. The molecule has 2 heterocycles. The van der Waals surface area contributed by atoms with E-state index in [9.17, 15) is 22.0 Å². The average Bonchev–Trinajstić information content (AvgIpc) is 3.13. The fourth-order valence-corrected chi connectivity index (χ4v) is 5.46. The quantitative estimate of drug-likeness (QED) is 0.537. The standard InChI is InChI=1S/C23H21ClF2N2O4S/c24-15-4-8-18(9-5-15)33(30,31)28(21-3-1-2-12-27-23(21)29)14-17-7-11-22(32-17)19-10-6-16(25)13-20(19)26/h4-11,13,21H,1-3,12,14H2,(H,27,29). The van der Waals surface area contributed by atoms with E-state index in [1.165, 1.54) is 42.5 Å². The third-order valence-corrected chi connectivity index (χ3v) is 7.56. The number of halogens is 3. The Labute approximate surface area is 195 Å². The van der Waals surface area contributed by atoms with Gasteiger partial charge in [-0.15, -0.1) is 0 Å². The van der Waals surface area contributed by atoms with E-state index in [0.717, 1.165) is 22.9 Å². The average molecular weight is 495 g/mol. The third kappa shape index (κ3) is 5.10. The van der Waals surface area contributed by atoms with E-state index in [2.05, 4.69) is 5.32 Å². The van der Waals surface area contributed by atoms with Crippen LogP contribution in [0.25, 0.3) is 11.3 Å². The van der Waals surface area contributed by atoms with Crippen LogP contribution in [-0.4, -0.2) is 31.2 Å². The number of carbonyl (C=O) groups excluding carboxylic acids is 1. The molecule has 1 aliphatic heterocycles. The maximum atomic E-state index is 14.2. The minimum Gasteiger partial charge on any atom is -0.460 e. The normalized spacial score (nSPS) is 17.1. The number of nitrogens with zero attached hydrogens (tertiary/aromatic N) is 1. The predicted octanol–water partition coefficient (Wildman–Crippen LogP) is 4.74. The van der Waals surface area contributed by atoms with Gasteiger partial charge >= 0.3 is 0 Å². The number of rotatable bonds is 6. The van der Waals surface area contributed by atoms with Crippen LogP contribution < -0.4 is 5.32 Å². The van der Waals surface area contributed by atoms with Crippen LogP contribution in [0.15, 0.2) is 63.9 Å². The zero-order chi connectivity index (χ0) is 23.6. The number of hydrogen-bond donors (Lipinski definition) is 1. The molecule has 1 aliphatic rings. The highest BCUT2D eigenvalue weighted by atomic mass is 35.5. The predicted molar refractivity (Wildman–Crippen MR) is 119 cm³/mol. The van der Waals surface area contributed by atoms with Crippen LogP contribution in [0.4, 0.5) is 8.78 Å². The zero-order valence-electron chi connectivity index (χ0n) is 17.4. The van der Waals surface area contributed by atoms with Crippen LogP contribution in [-0.2, 0) is 21.4 Å². The first-order chi connectivity index (χ1) is 15.8. The number of sulfonamides is 1. The lowest BCUT2D eigenvalue weighted by molar-refractivity contribution is -0.124. The van der Waals surface area contributed by atoms with Crippen LogP contribution in [0.1, 0.15) is 25.0 Å². The van der Waals surface area contributed by atoms with Gasteiger partial charge in [-0.2, -0.15) is 4.31 Å². The number of amides is 1. The molecule has 1 amide bonds. The fourth-order valence-electron chi connectivity index (χ4n) is 3.75. The molecule has 3 aromatic rings. The molecule has 1 saturated heterocycles. The van der Waals surface area contributed by atoms with E-state index < -0.39 is 27.7 Å². The van der Waals surface area contributed by atoms with Crippen molar-refractivity contribution in [3.05, 3.63) is 77.0 Å². The van der Waals surface area contributed by atoms with Gasteiger partial charge in [0.05, 0.1) is 17.0 Å². The van der Waals surface area contributed by atoms with Gasteiger partial charge in [-0.1, -0.05) is 11.6 Å². The van der Waals surface area contributed by atoms with Crippen molar-refractivity contribution in [2.24, 2.45) is 0 Å². The summed E-state index contributed by atoms with van der Waals surface area (Å²) >= 11 is 5.91. The molecule has 1 N–H and O–H groups in total. The first-order valence-corrected chi connectivity index (χ1v) is 12.2. The summed E-state index contributed by atoms with van der Waals surface area (Å²) in [5.74, 6) is -1.58. The summed E-state index contributed by atoms with van der Waals surface area (Å²) in [4.78, 5) is 12.7. The summed E-state index contributed by atoms with van der Waals surface area (Å²) in [6.07, 6.45) is 1.75. The Bertz CT molecular complexity index is 1260. The van der Waals surface area contributed by atoms with Gasteiger partial charge in [0.25, 0.3) is 0 Å². The van der Waals surface area contributed by atoms with Gasteiger partial charge in [-0.3, -0.25) is 4.79 Å². The van der Waals surface area contributed by atoms with Crippen molar-refractivity contribution in [2.75, 3.05) is 6.54 Å².